The van der Waals surface area contributed by atoms with Gasteiger partial charge in [-0.25, -0.2) is 13.8 Å². The summed E-state index contributed by atoms with van der Waals surface area (Å²) in [5.74, 6) is 0.126. The van der Waals surface area contributed by atoms with Gasteiger partial charge in [0.25, 0.3) is 0 Å². The van der Waals surface area contributed by atoms with Crippen molar-refractivity contribution in [3.8, 4) is 0 Å². The van der Waals surface area contributed by atoms with Crippen LogP contribution in [-0.2, 0) is 15.6 Å². The highest BCUT2D eigenvalue weighted by Gasteiger charge is 1.93. The molecular weight excluding hydrogens is 335 g/mol. The van der Waals surface area contributed by atoms with Crippen LogP contribution in [0.2, 0.25) is 5.02 Å². The molecule has 0 saturated heterocycles. The van der Waals surface area contributed by atoms with Crippen molar-refractivity contribution in [3.05, 3.63) is 34.9 Å². The third-order valence-electron chi connectivity index (χ3n) is 1.51. The minimum absolute atomic E-state index is 0.126. The molecule has 0 aromatic heterocycles. The van der Waals surface area contributed by atoms with Gasteiger partial charge in [-0.3, -0.25) is 5.43 Å². The maximum Gasteiger partial charge on any atom is 0.229 e. The lowest BCUT2D eigenvalue weighted by Gasteiger charge is -2.06. The average Bonchev–Trinajstić information content (AvgIpc) is 2.29. The van der Waals surface area contributed by atoms with Crippen LogP contribution in [0, 0.1) is 0 Å². The topological polar surface area (TPSA) is 96.6 Å². The lowest BCUT2D eigenvalue weighted by Crippen LogP contribution is -2.41. The highest BCUT2D eigenvalue weighted by Crippen LogP contribution is 2.08. The van der Waals surface area contributed by atoms with Gasteiger partial charge in [-0.1, -0.05) is 23.7 Å². The first-order chi connectivity index (χ1) is 8.72. The molecule has 1 aromatic rings. The summed E-state index contributed by atoms with van der Waals surface area (Å²) in [5, 5.41) is 0.712. The van der Waals surface area contributed by atoms with Gasteiger partial charge in [0.15, 0.2) is 0 Å². The molecule has 0 amide bonds. The fourth-order valence-corrected chi connectivity index (χ4v) is 1.03. The van der Waals surface area contributed by atoms with Crippen LogP contribution in [0.3, 0.4) is 0 Å². The van der Waals surface area contributed by atoms with E-state index in [1.807, 2.05) is 24.3 Å². The minimum Gasteiger partial charge on any atom is -0.368 e. The number of nitrogens with zero attached hydrogens (tertiary/aromatic N) is 1. The fraction of sp³-hybridized carbons (Fsp3) is 0.222. The van der Waals surface area contributed by atoms with Crippen LogP contribution < -0.4 is 16.6 Å². The van der Waals surface area contributed by atoms with Crippen molar-refractivity contribution in [1.29, 1.82) is 0 Å². The van der Waals surface area contributed by atoms with Crippen molar-refractivity contribution in [2.75, 3.05) is 6.26 Å². The maximum absolute atomic E-state index is 9.40. The summed E-state index contributed by atoms with van der Waals surface area (Å²) in [6.07, 6.45) is 0.925. The van der Waals surface area contributed by atoms with Gasteiger partial charge in [0.05, 0.1) is 6.26 Å². The minimum atomic E-state index is -3.19. The van der Waals surface area contributed by atoms with Crippen LogP contribution in [0.4, 0.5) is 0 Å². The van der Waals surface area contributed by atoms with Crippen molar-refractivity contribution in [2.24, 2.45) is 10.2 Å². The fourth-order valence-electron chi connectivity index (χ4n) is 0.860. The Labute approximate surface area is 126 Å². The van der Waals surface area contributed by atoms with Crippen LogP contribution >= 0.6 is 34.1 Å². The van der Waals surface area contributed by atoms with E-state index in [1.54, 1.807) is 0 Å². The highest BCUT2D eigenvalue weighted by atomic mass is 35.7. The molecule has 0 spiro atoms. The summed E-state index contributed by atoms with van der Waals surface area (Å²) in [6.45, 7) is 0.601. The predicted molar refractivity (Wildman–Crippen MR) is 79.6 cm³/mol. The maximum atomic E-state index is 9.40. The Morgan fingerprint density at radius 1 is 1.37 bits per heavy atom. The molecule has 0 aliphatic rings. The SMILES string of the molecule is CS(=O)(=O)Cl.N/C(=N\Cl)NNCc1ccc(Cl)cc1. The van der Waals surface area contributed by atoms with Gasteiger partial charge in [-0.15, -0.1) is 4.51 Å². The van der Waals surface area contributed by atoms with E-state index in [4.69, 9.17) is 29.1 Å². The van der Waals surface area contributed by atoms with E-state index in [0.29, 0.717) is 11.6 Å². The normalized spacial score (nSPS) is 11.5. The molecule has 0 saturated carbocycles. The molecule has 4 N–H and O–H groups in total. The van der Waals surface area contributed by atoms with Crippen molar-refractivity contribution in [1.82, 2.24) is 10.9 Å². The van der Waals surface area contributed by atoms with Crippen LogP contribution in [0.5, 0.6) is 0 Å². The summed E-state index contributed by atoms with van der Waals surface area (Å²) in [4.78, 5) is 0. The molecule has 0 atom stereocenters. The summed E-state index contributed by atoms with van der Waals surface area (Å²) < 4.78 is 22.0. The lowest BCUT2D eigenvalue weighted by atomic mass is 10.2. The van der Waals surface area contributed by atoms with Crippen molar-refractivity contribution >= 4 is 49.1 Å². The van der Waals surface area contributed by atoms with Gasteiger partial charge in [0.1, 0.15) is 0 Å². The zero-order chi connectivity index (χ0) is 14.9. The Balaban J connectivity index is 0.000000555. The zero-order valence-electron chi connectivity index (χ0n) is 9.90. The van der Waals surface area contributed by atoms with E-state index in [1.165, 1.54) is 0 Å². The Kier molecular flexibility index (Phi) is 8.86. The van der Waals surface area contributed by atoms with E-state index < -0.39 is 9.05 Å². The van der Waals surface area contributed by atoms with Gasteiger partial charge >= 0.3 is 0 Å². The van der Waals surface area contributed by atoms with E-state index in [2.05, 4.69) is 26.0 Å². The Morgan fingerprint density at radius 2 is 1.84 bits per heavy atom. The van der Waals surface area contributed by atoms with Crippen LogP contribution in [-0.4, -0.2) is 20.6 Å². The molecule has 108 valence electrons. The summed E-state index contributed by atoms with van der Waals surface area (Å²) in [5.41, 5.74) is 11.8. The monoisotopic (exact) mass is 346 g/mol. The first-order valence-corrected chi connectivity index (χ1v) is 8.23. The first-order valence-electron chi connectivity index (χ1n) is 4.79. The largest absolute Gasteiger partial charge is 0.368 e. The van der Waals surface area contributed by atoms with Gasteiger partial charge in [-0.05, 0) is 17.7 Å². The first kappa shape index (κ1) is 18.3. The summed E-state index contributed by atoms with van der Waals surface area (Å²) in [6, 6.07) is 7.45. The molecule has 1 aromatic carbocycles. The molecule has 0 aliphatic carbocycles. The predicted octanol–water partition coefficient (Wildman–Crippen LogP) is 1.59. The number of benzene rings is 1. The molecule has 1 rings (SSSR count). The number of nitrogens with two attached hydrogens (primary N) is 1. The third-order valence-corrected chi connectivity index (χ3v) is 1.95. The number of nitrogens with one attached hydrogen (secondary N) is 2. The second kappa shape index (κ2) is 9.22. The number of hydrogen-bond donors (Lipinski definition) is 3. The molecular formula is C9H13Cl3N4O2S. The van der Waals surface area contributed by atoms with Gasteiger partial charge in [-0.2, -0.15) is 0 Å². The highest BCUT2D eigenvalue weighted by molar-refractivity contribution is 8.13. The van der Waals surface area contributed by atoms with Crippen LogP contribution in [0.15, 0.2) is 28.8 Å². The number of halogens is 3. The zero-order valence-corrected chi connectivity index (χ0v) is 13.0. The molecule has 0 unspecified atom stereocenters. The summed E-state index contributed by atoms with van der Waals surface area (Å²) in [7, 11) is 1.31. The van der Waals surface area contributed by atoms with Crippen LogP contribution in [0.1, 0.15) is 5.56 Å². The number of rotatable bonds is 3. The number of hydrogen-bond acceptors (Lipinski definition) is 4. The lowest BCUT2D eigenvalue weighted by molar-refractivity contribution is 0.615. The standard InChI is InChI=1S/C8H10Cl2N4.CH3ClO2S/c9-7-3-1-6(2-4-7)5-12-14-8(11)13-10;1-5(2,3)4/h1-4,12H,5H2,(H3,11,13,14);1H3. The molecule has 0 heterocycles. The average molecular weight is 348 g/mol. The number of guanidine groups is 1. The Bertz CT molecular complexity index is 497. The van der Waals surface area contributed by atoms with Gasteiger partial charge < -0.3 is 5.73 Å². The quantitative estimate of drug-likeness (QED) is 0.334. The van der Waals surface area contributed by atoms with Gasteiger partial charge in [0.2, 0.25) is 15.0 Å². The molecule has 19 heavy (non-hydrogen) atoms. The second-order valence-electron chi connectivity index (χ2n) is 3.26. The molecule has 6 nitrogen and oxygen atoms in total. The second-order valence-corrected chi connectivity index (χ2v) is 6.91. The van der Waals surface area contributed by atoms with E-state index in [-0.39, 0.29) is 5.96 Å². The Morgan fingerprint density at radius 3 is 2.26 bits per heavy atom. The van der Waals surface area contributed by atoms with Gasteiger partial charge in [0, 0.05) is 34.0 Å². The molecule has 0 bridgehead atoms. The molecule has 10 heteroatoms. The number of hydrazine groups is 1. The van der Waals surface area contributed by atoms with E-state index in [0.717, 1.165) is 11.8 Å². The van der Waals surface area contributed by atoms with E-state index >= 15 is 0 Å². The summed E-state index contributed by atoms with van der Waals surface area (Å²) >= 11 is 10.8. The Hall–Kier alpha value is -0.730. The van der Waals surface area contributed by atoms with Crippen molar-refractivity contribution in [3.63, 3.8) is 0 Å². The van der Waals surface area contributed by atoms with Crippen molar-refractivity contribution < 1.29 is 8.42 Å². The van der Waals surface area contributed by atoms with Crippen LogP contribution in [0.25, 0.3) is 0 Å². The van der Waals surface area contributed by atoms with E-state index in [9.17, 15) is 8.42 Å². The molecule has 0 aliphatic heterocycles. The third kappa shape index (κ3) is 13.5. The van der Waals surface area contributed by atoms with Crippen molar-refractivity contribution in [2.45, 2.75) is 6.54 Å². The molecule has 0 radical (unpaired) electrons. The smallest absolute Gasteiger partial charge is 0.229 e. The molecule has 0 fully saturated rings.